The normalized spacial score (nSPS) is 10.4. The highest BCUT2D eigenvalue weighted by Crippen LogP contribution is 2.25. The van der Waals surface area contributed by atoms with Crippen molar-refractivity contribution in [3.05, 3.63) is 57.6 Å². The van der Waals surface area contributed by atoms with Crippen LogP contribution >= 0.6 is 23.2 Å². The lowest BCUT2D eigenvalue weighted by molar-refractivity contribution is 0.475. The fourth-order valence-electron chi connectivity index (χ4n) is 1.68. The Kier molecular flexibility index (Phi) is 4.00. The van der Waals surface area contributed by atoms with Gasteiger partial charge in [0.1, 0.15) is 5.75 Å². The summed E-state index contributed by atoms with van der Waals surface area (Å²) in [6, 6.07) is 10.9. The van der Waals surface area contributed by atoms with Crippen LogP contribution in [-0.2, 0) is 6.54 Å². The summed E-state index contributed by atoms with van der Waals surface area (Å²) in [5.41, 5.74) is 3.13. The van der Waals surface area contributed by atoms with Crippen LogP contribution in [0, 0.1) is 6.92 Å². The van der Waals surface area contributed by atoms with Crippen molar-refractivity contribution in [2.24, 2.45) is 0 Å². The summed E-state index contributed by atoms with van der Waals surface area (Å²) in [6.45, 7) is 2.64. The number of rotatable bonds is 3. The van der Waals surface area contributed by atoms with Crippen LogP contribution < -0.4 is 5.32 Å². The second-order valence-corrected chi connectivity index (χ2v) is 4.94. The molecule has 2 aromatic rings. The Bertz CT molecular complexity index is 570. The monoisotopic (exact) mass is 281 g/mol. The van der Waals surface area contributed by atoms with Gasteiger partial charge >= 0.3 is 0 Å². The van der Waals surface area contributed by atoms with E-state index in [9.17, 15) is 5.11 Å². The molecule has 0 aliphatic carbocycles. The van der Waals surface area contributed by atoms with Crippen molar-refractivity contribution in [1.29, 1.82) is 0 Å². The third-order valence-electron chi connectivity index (χ3n) is 2.68. The number of aromatic hydroxyl groups is 1. The van der Waals surface area contributed by atoms with Gasteiger partial charge in [-0.15, -0.1) is 0 Å². The highest BCUT2D eigenvalue weighted by atomic mass is 35.5. The molecule has 2 aromatic carbocycles. The molecule has 0 aliphatic rings. The van der Waals surface area contributed by atoms with Crippen molar-refractivity contribution in [3.63, 3.8) is 0 Å². The second-order valence-electron chi connectivity index (χ2n) is 4.10. The fourth-order valence-corrected chi connectivity index (χ4v) is 2.11. The topological polar surface area (TPSA) is 32.3 Å². The molecule has 0 heterocycles. The summed E-state index contributed by atoms with van der Waals surface area (Å²) in [5, 5.41) is 13.7. The zero-order valence-corrected chi connectivity index (χ0v) is 11.4. The van der Waals surface area contributed by atoms with Gasteiger partial charge in [-0.3, -0.25) is 0 Å². The van der Waals surface area contributed by atoms with E-state index in [1.807, 2.05) is 31.2 Å². The lowest BCUT2D eigenvalue weighted by Gasteiger charge is -2.10. The largest absolute Gasteiger partial charge is 0.506 e. The van der Waals surface area contributed by atoms with Crippen LogP contribution in [0.5, 0.6) is 5.75 Å². The zero-order valence-electron chi connectivity index (χ0n) is 9.87. The summed E-state index contributed by atoms with van der Waals surface area (Å²) in [7, 11) is 0. The molecule has 2 N–H and O–H groups in total. The van der Waals surface area contributed by atoms with Crippen molar-refractivity contribution < 1.29 is 5.11 Å². The van der Waals surface area contributed by atoms with E-state index in [2.05, 4.69) is 5.32 Å². The average Bonchev–Trinajstić information content (AvgIpc) is 2.32. The van der Waals surface area contributed by atoms with Gasteiger partial charge in [-0.1, -0.05) is 29.3 Å². The number of hydrogen-bond donors (Lipinski definition) is 2. The number of halogens is 2. The van der Waals surface area contributed by atoms with E-state index in [1.54, 1.807) is 12.1 Å². The molecule has 0 amide bonds. The maximum atomic E-state index is 9.34. The Morgan fingerprint density at radius 1 is 1.11 bits per heavy atom. The van der Waals surface area contributed by atoms with Crippen molar-refractivity contribution in [1.82, 2.24) is 0 Å². The van der Waals surface area contributed by atoms with Gasteiger partial charge in [0.05, 0.1) is 5.02 Å². The first-order chi connectivity index (χ1) is 8.56. The molecule has 2 rings (SSSR count). The van der Waals surface area contributed by atoms with Gasteiger partial charge < -0.3 is 10.4 Å². The smallest absolute Gasteiger partial charge is 0.134 e. The molecule has 0 unspecified atom stereocenters. The summed E-state index contributed by atoms with van der Waals surface area (Å²) in [4.78, 5) is 0. The standard InChI is InChI=1S/C14H13Cl2NO/c1-9-6-11(15)3-4-13(9)17-8-10-2-5-14(18)12(16)7-10/h2-7,17-18H,8H2,1H3. The van der Waals surface area contributed by atoms with E-state index >= 15 is 0 Å². The van der Waals surface area contributed by atoms with Crippen LogP contribution in [0.3, 0.4) is 0 Å². The summed E-state index contributed by atoms with van der Waals surface area (Å²) >= 11 is 11.8. The molecule has 18 heavy (non-hydrogen) atoms. The molecule has 2 nitrogen and oxygen atoms in total. The number of hydrogen-bond acceptors (Lipinski definition) is 2. The maximum Gasteiger partial charge on any atom is 0.134 e. The third-order valence-corrected chi connectivity index (χ3v) is 3.22. The first-order valence-electron chi connectivity index (χ1n) is 5.53. The van der Waals surface area contributed by atoms with Crippen molar-refractivity contribution in [2.45, 2.75) is 13.5 Å². The molecule has 0 aliphatic heterocycles. The van der Waals surface area contributed by atoms with Gasteiger partial charge in [-0.25, -0.2) is 0 Å². The molecule has 0 fully saturated rings. The molecule has 0 atom stereocenters. The van der Waals surface area contributed by atoms with Crippen LogP contribution in [-0.4, -0.2) is 5.11 Å². The fraction of sp³-hybridized carbons (Fsp3) is 0.143. The Balaban J connectivity index is 2.09. The van der Waals surface area contributed by atoms with Gasteiger partial charge in [0.25, 0.3) is 0 Å². The second kappa shape index (κ2) is 5.51. The molecule has 0 saturated carbocycles. The number of nitrogens with one attached hydrogen (secondary N) is 1. The van der Waals surface area contributed by atoms with Crippen LogP contribution in [0.15, 0.2) is 36.4 Å². The minimum atomic E-state index is 0.100. The van der Waals surface area contributed by atoms with E-state index < -0.39 is 0 Å². The maximum absolute atomic E-state index is 9.34. The van der Waals surface area contributed by atoms with Crippen LogP contribution in [0.2, 0.25) is 10.0 Å². The Labute approximate surface area is 116 Å². The average molecular weight is 282 g/mol. The molecule has 0 radical (unpaired) electrons. The first-order valence-corrected chi connectivity index (χ1v) is 6.29. The summed E-state index contributed by atoms with van der Waals surface area (Å²) in [6.07, 6.45) is 0. The number of aryl methyl sites for hydroxylation is 1. The first kappa shape index (κ1) is 13.1. The van der Waals surface area contributed by atoms with Crippen molar-refractivity contribution >= 4 is 28.9 Å². The minimum Gasteiger partial charge on any atom is -0.506 e. The van der Waals surface area contributed by atoms with E-state index in [0.29, 0.717) is 11.6 Å². The van der Waals surface area contributed by atoms with Crippen LogP contribution in [0.4, 0.5) is 5.69 Å². The highest BCUT2D eigenvalue weighted by Gasteiger charge is 2.02. The quantitative estimate of drug-likeness (QED) is 0.861. The van der Waals surface area contributed by atoms with Gasteiger partial charge in [0.2, 0.25) is 0 Å². The minimum absolute atomic E-state index is 0.100. The Morgan fingerprint density at radius 3 is 2.56 bits per heavy atom. The SMILES string of the molecule is Cc1cc(Cl)ccc1NCc1ccc(O)c(Cl)c1. The van der Waals surface area contributed by atoms with E-state index in [1.165, 1.54) is 0 Å². The van der Waals surface area contributed by atoms with Crippen molar-refractivity contribution in [2.75, 3.05) is 5.32 Å². The van der Waals surface area contributed by atoms with Gasteiger partial charge in [0.15, 0.2) is 0 Å². The highest BCUT2D eigenvalue weighted by molar-refractivity contribution is 6.32. The number of anilines is 1. The molecule has 94 valence electrons. The predicted octanol–water partition coefficient (Wildman–Crippen LogP) is 4.62. The van der Waals surface area contributed by atoms with E-state index in [0.717, 1.165) is 21.8 Å². The Morgan fingerprint density at radius 2 is 1.89 bits per heavy atom. The van der Waals surface area contributed by atoms with E-state index in [-0.39, 0.29) is 5.75 Å². The summed E-state index contributed by atoms with van der Waals surface area (Å²) < 4.78 is 0. The van der Waals surface area contributed by atoms with E-state index in [4.69, 9.17) is 23.2 Å². The molecule has 0 saturated heterocycles. The van der Waals surface area contributed by atoms with Gasteiger partial charge in [-0.05, 0) is 48.4 Å². The van der Waals surface area contributed by atoms with Crippen molar-refractivity contribution in [3.8, 4) is 5.75 Å². The third kappa shape index (κ3) is 3.09. The van der Waals surface area contributed by atoms with Crippen LogP contribution in [0.25, 0.3) is 0 Å². The molecule has 0 bridgehead atoms. The van der Waals surface area contributed by atoms with Gasteiger partial charge in [0, 0.05) is 17.3 Å². The van der Waals surface area contributed by atoms with Gasteiger partial charge in [-0.2, -0.15) is 0 Å². The lowest BCUT2D eigenvalue weighted by atomic mass is 10.1. The summed E-state index contributed by atoms with van der Waals surface area (Å²) in [5.74, 6) is 0.100. The zero-order chi connectivity index (χ0) is 13.1. The molecule has 4 heteroatoms. The number of phenols is 1. The lowest BCUT2D eigenvalue weighted by Crippen LogP contribution is -2.00. The predicted molar refractivity (Wildman–Crippen MR) is 76.6 cm³/mol. The molecule has 0 spiro atoms. The molecule has 0 aromatic heterocycles. The number of benzene rings is 2. The molecular formula is C14H13Cl2NO. The van der Waals surface area contributed by atoms with Crippen LogP contribution in [0.1, 0.15) is 11.1 Å². The molecular weight excluding hydrogens is 269 g/mol. The number of phenolic OH excluding ortho intramolecular Hbond substituents is 1. The Hall–Kier alpha value is -1.38.